The van der Waals surface area contributed by atoms with E-state index in [0.717, 1.165) is 0 Å². The van der Waals surface area contributed by atoms with E-state index in [4.69, 9.17) is 4.74 Å². The number of hydrogen-bond acceptors (Lipinski definition) is 8. The summed E-state index contributed by atoms with van der Waals surface area (Å²) in [6.45, 7) is -0.582. The highest BCUT2D eigenvalue weighted by Crippen LogP contribution is 2.16. The zero-order chi connectivity index (χ0) is 18.4. The number of carbonyl (C=O) groups is 1. The van der Waals surface area contributed by atoms with E-state index in [1.807, 2.05) is 36.4 Å². The maximum absolute atomic E-state index is 12.2. The van der Waals surface area contributed by atoms with E-state index in [9.17, 15) is 15.0 Å². The van der Waals surface area contributed by atoms with Crippen molar-refractivity contribution in [2.45, 2.75) is 12.2 Å². The van der Waals surface area contributed by atoms with Crippen LogP contribution in [-0.4, -0.2) is 46.4 Å². The third kappa shape index (κ3) is 4.05. The van der Waals surface area contributed by atoms with Crippen molar-refractivity contribution >= 4 is 28.8 Å². The minimum Gasteiger partial charge on any atom is -0.448 e. The molecule has 1 fully saturated rings. The summed E-state index contributed by atoms with van der Waals surface area (Å²) >= 11 is 0. The number of para-hydroxylation sites is 2. The zero-order valence-corrected chi connectivity index (χ0v) is 13.7. The number of nitrogens with one attached hydrogen (secondary N) is 2. The molecule has 0 saturated carbocycles. The first kappa shape index (κ1) is 17.6. The normalized spacial score (nSPS) is 20.8. The Bertz CT molecular complexity index is 808. The van der Waals surface area contributed by atoms with Gasteiger partial charge in [0.25, 0.3) is 0 Å². The molecule has 2 aromatic rings. The summed E-state index contributed by atoms with van der Waals surface area (Å²) in [5.41, 5.74) is 6.94. The lowest BCUT2D eigenvalue weighted by Crippen LogP contribution is -2.36. The van der Waals surface area contributed by atoms with Crippen LogP contribution in [0.25, 0.3) is 0 Å². The van der Waals surface area contributed by atoms with Crippen molar-refractivity contribution in [2.75, 3.05) is 17.5 Å². The first-order chi connectivity index (χ1) is 12.7. The number of benzene rings is 2. The van der Waals surface area contributed by atoms with Gasteiger partial charge in [0.2, 0.25) is 0 Å². The first-order valence-corrected chi connectivity index (χ1v) is 7.96. The third-order valence-corrected chi connectivity index (χ3v) is 3.63. The van der Waals surface area contributed by atoms with Gasteiger partial charge in [-0.1, -0.05) is 36.4 Å². The van der Waals surface area contributed by atoms with Gasteiger partial charge in [-0.05, 0) is 24.3 Å². The maximum atomic E-state index is 12.2. The summed E-state index contributed by atoms with van der Waals surface area (Å²) in [4.78, 5) is 12.2. The Balaban J connectivity index is 1.88. The van der Waals surface area contributed by atoms with Gasteiger partial charge in [-0.25, -0.2) is 4.79 Å². The highest BCUT2D eigenvalue weighted by atomic mass is 16.6. The number of nitrogens with zero attached hydrogens (tertiary/aromatic N) is 2. The fourth-order valence-electron chi connectivity index (χ4n) is 2.31. The summed E-state index contributed by atoms with van der Waals surface area (Å²) in [7, 11) is 0. The predicted octanol–water partition coefficient (Wildman–Crippen LogP) is 1.20. The molecule has 8 nitrogen and oxygen atoms in total. The Morgan fingerprint density at radius 2 is 1.50 bits per heavy atom. The van der Waals surface area contributed by atoms with Gasteiger partial charge in [0.1, 0.15) is 11.8 Å². The zero-order valence-electron chi connectivity index (χ0n) is 13.7. The molecule has 0 unspecified atom stereocenters. The molecule has 0 radical (unpaired) electrons. The number of carbonyl (C=O) groups excluding carboxylic acids is 1. The number of anilines is 2. The number of cyclic esters (lactones) is 1. The molecule has 1 aliphatic heterocycles. The molecule has 0 spiro atoms. The summed E-state index contributed by atoms with van der Waals surface area (Å²) in [5, 5.41) is 27.4. The van der Waals surface area contributed by atoms with E-state index in [1.54, 1.807) is 24.3 Å². The Kier molecular flexibility index (Phi) is 5.57. The van der Waals surface area contributed by atoms with Crippen LogP contribution in [0.1, 0.15) is 0 Å². The Hall–Kier alpha value is -3.23. The summed E-state index contributed by atoms with van der Waals surface area (Å²) in [6.07, 6.45) is -2.42. The molecule has 1 saturated heterocycles. The van der Waals surface area contributed by atoms with E-state index in [1.165, 1.54) is 0 Å². The van der Waals surface area contributed by atoms with Gasteiger partial charge in [0.15, 0.2) is 11.8 Å². The van der Waals surface area contributed by atoms with Gasteiger partial charge in [-0.2, -0.15) is 10.2 Å². The molecule has 3 rings (SSSR count). The highest BCUT2D eigenvalue weighted by molar-refractivity contribution is 6.69. The molecular formula is C18H18N4O4. The van der Waals surface area contributed by atoms with Crippen LogP contribution < -0.4 is 10.9 Å². The maximum Gasteiger partial charge on any atom is 0.361 e. The SMILES string of the molecule is O=C1O[C@H]([C@H](O)CO)C(=N/Nc2ccccc2)/C1=N\Nc1ccccc1. The van der Waals surface area contributed by atoms with Crippen molar-refractivity contribution in [1.29, 1.82) is 0 Å². The van der Waals surface area contributed by atoms with Crippen LogP contribution >= 0.6 is 0 Å². The summed E-state index contributed by atoms with van der Waals surface area (Å²) in [6, 6.07) is 18.1. The molecule has 0 bridgehead atoms. The van der Waals surface area contributed by atoms with Gasteiger partial charge in [-0.15, -0.1) is 0 Å². The molecule has 2 atom stereocenters. The van der Waals surface area contributed by atoms with Crippen molar-refractivity contribution in [3.8, 4) is 0 Å². The van der Waals surface area contributed by atoms with Crippen molar-refractivity contribution in [2.24, 2.45) is 10.2 Å². The molecule has 0 aliphatic carbocycles. The first-order valence-electron chi connectivity index (χ1n) is 7.96. The number of ether oxygens (including phenoxy) is 1. The lowest BCUT2D eigenvalue weighted by Gasteiger charge is -2.14. The van der Waals surface area contributed by atoms with Crippen molar-refractivity contribution < 1.29 is 19.7 Å². The number of rotatable bonds is 6. The monoisotopic (exact) mass is 354 g/mol. The van der Waals surface area contributed by atoms with Crippen LogP contribution in [0.5, 0.6) is 0 Å². The second-order valence-electron chi connectivity index (χ2n) is 5.49. The van der Waals surface area contributed by atoms with Crippen LogP contribution in [0.2, 0.25) is 0 Å². The van der Waals surface area contributed by atoms with Crippen molar-refractivity contribution in [3.05, 3.63) is 60.7 Å². The van der Waals surface area contributed by atoms with Gasteiger partial charge in [-0.3, -0.25) is 10.9 Å². The predicted molar refractivity (Wildman–Crippen MR) is 98.0 cm³/mol. The van der Waals surface area contributed by atoms with Crippen LogP contribution in [0.15, 0.2) is 70.9 Å². The van der Waals surface area contributed by atoms with Gasteiger partial charge >= 0.3 is 5.97 Å². The molecule has 1 heterocycles. The molecule has 0 amide bonds. The Labute approximate surface area is 149 Å². The average Bonchev–Trinajstić information content (AvgIpc) is 3.01. The van der Waals surface area contributed by atoms with E-state index in [-0.39, 0.29) is 11.4 Å². The smallest absolute Gasteiger partial charge is 0.361 e. The summed E-state index contributed by atoms with van der Waals surface area (Å²) < 4.78 is 5.13. The lowest BCUT2D eigenvalue weighted by atomic mass is 10.1. The molecule has 26 heavy (non-hydrogen) atoms. The second kappa shape index (κ2) is 8.24. The standard InChI is InChI=1S/C18H18N4O4/c23-11-14(24)17-15(21-19-12-7-3-1-4-8-12)16(18(25)26-17)22-20-13-9-5-2-6-10-13/h1-10,14,17,19-20,23-24H,11H2/b21-15+,22-16+/t14-,17-/m1/s1. The number of aliphatic hydroxyl groups is 2. The molecular weight excluding hydrogens is 336 g/mol. The van der Waals surface area contributed by atoms with Crippen LogP contribution in [0.3, 0.4) is 0 Å². The molecule has 134 valence electrons. The van der Waals surface area contributed by atoms with Crippen LogP contribution in [0, 0.1) is 0 Å². The Morgan fingerprint density at radius 3 is 2.04 bits per heavy atom. The van der Waals surface area contributed by atoms with Crippen molar-refractivity contribution in [3.63, 3.8) is 0 Å². The summed E-state index contributed by atoms with van der Waals surface area (Å²) in [5.74, 6) is -0.737. The minimum absolute atomic E-state index is 0.0743. The molecule has 1 aliphatic rings. The van der Waals surface area contributed by atoms with E-state index >= 15 is 0 Å². The lowest BCUT2D eigenvalue weighted by molar-refractivity contribution is -0.140. The number of hydrazone groups is 2. The number of hydrogen-bond donors (Lipinski definition) is 4. The largest absolute Gasteiger partial charge is 0.448 e. The van der Waals surface area contributed by atoms with Crippen LogP contribution in [0.4, 0.5) is 11.4 Å². The molecule has 0 aromatic heterocycles. The molecule has 4 N–H and O–H groups in total. The van der Waals surface area contributed by atoms with E-state index < -0.39 is 24.8 Å². The fraction of sp³-hybridized carbons (Fsp3) is 0.167. The fourth-order valence-corrected chi connectivity index (χ4v) is 2.31. The van der Waals surface area contributed by atoms with Crippen LogP contribution in [-0.2, 0) is 9.53 Å². The van der Waals surface area contributed by atoms with E-state index in [2.05, 4.69) is 21.1 Å². The van der Waals surface area contributed by atoms with Crippen molar-refractivity contribution in [1.82, 2.24) is 0 Å². The van der Waals surface area contributed by atoms with Gasteiger partial charge in [0.05, 0.1) is 18.0 Å². The Morgan fingerprint density at radius 1 is 0.962 bits per heavy atom. The minimum atomic E-state index is -1.31. The third-order valence-electron chi connectivity index (χ3n) is 3.63. The molecule has 8 heteroatoms. The quantitative estimate of drug-likeness (QED) is 0.458. The topological polar surface area (TPSA) is 116 Å². The second-order valence-corrected chi connectivity index (χ2v) is 5.49. The highest BCUT2D eigenvalue weighted by Gasteiger charge is 2.42. The number of esters is 1. The number of aliphatic hydroxyl groups excluding tert-OH is 2. The van der Waals surface area contributed by atoms with E-state index in [0.29, 0.717) is 11.4 Å². The van der Waals surface area contributed by atoms with Gasteiger partial charge < -0.3 is 14.9 Å². The van der Waals surface area contributed by atoms with Gasteiger partial charge in [0, 0.05) is 0 Å². The average molecular weight is 354 g/mol. The molecule has 2 aromatic carbocycles.